The number of carboxylic acid groups (broad SMARTS) is 1. The van der Waals surface area contributed by atoms with Crippen molar-refractivity contribution in [1.29, 1.82) is 0 Å². The number of hydrogen-bond acceptors (Lipinski definition) is 15. The summed E-state index contributed by atoms with van der Waals surface area (Å²) in [5, 5.41) is 106. The minimum Gasteiger partial charge on any atom is -0.479 e. The van der Waals surface area contributed by atoms with Crippen LogP contribution in [0, 0.1) is 50.2 Å². The number of fused-ring (bicyclic) bond motifs is 7. The summed E-state index contributed by atoms with van der Waals surface area (Å²) in [4.78, 5) is 26.4. The standard InChI is InChI=1S/C42H66O16/c1-37(2)13-15-42(36(54)58-34-29(49)26(46)25(45)20(17-43)55-34)16-14-40(5)19(24(42)32(37)51)7-8-22-38(3)11-10-23(39(4,18-44)21(38)9-12-41(22,40)6)56-35-30(50)27(47)28(48)31(57-35)33(52)53/h7,20-32,34-35,43-51H,8-18H2,1-6H3,(H,52,53)/t20-,21+,22-,23-,24-,25+,26+,27-,28+,29-,30-,31+,32+,34+,35-,38-,39-,40-,41+,42+/m0/s1. The topological polar surface area (TPSA) is 273 Å². The highest BCUT2D eigenvalue weighted by molar-refractivity contribution is 5.79. The molecule has 10 N–H and O–H groups in total. The molecule has 20 atom stereocenters. The maximum Gasteiger partial charge on any atom is 0.335 e. The number of allylic oxidation sites excluding steroid dienone is 1. The van der Waals surface area contributed by atoms with Crippen LogP contribution in [0.1, 0.15) is 99.3 Å². The Morgan fingerprint density at radius 3 is 2.02 bits per heavy atom. The molecule has 5 aliphatic carbocycles. The Bertz CT molecular complexity index is 1620. The zero-order valence-corrected chi connectivity index (χ0v) is 34.4. The van der Waals surface area contributed by atoms with Crippen molar-refractivity contribution in [2.24, 2.45) is 50.2 Å². The molecule has 7 rings (SSSR count). The first-order chi connectivity index (χ1) is 27.0. The summed E-state index contributed by atoms with van der Waals surface area (Å²) < 4.78 is 23.3. The van der Waals surface area contributed by atoms with Gasteiger partial charge in [-0.3, -0.25) is 4.79 Å². The zero-order valence-electron chi connectivity index (χ0n) is 34.4. The molecule has 0 spiro atoms. The lowest BCUT2D eigenvalue weighted by atomic mass is 9.33. The molecule has 2 saturated heterocycles. The maximum absolute atomic E-state index is 14.6. The van der Waals surface area contributed by atoms with Crippen molar-refractivity contribution < 1.29 is 79.6 Å². The second-order valence-corrected chi connectivity index (χ2v) is 20.5. The third-order valence-electron chi connectivity index (χ3n) is 17.5. The molecule has 330 valence electrons. The van der Waals surface area contributed by atoms with Crippen LogP contribution in [0.4, 0.5) is 0 Å². The molecule has 2 heterocycles. The van der Waals surface area contributed by atoms with Gasteiger partial charge in [-0.05, 0) is 91.3 Å². The van der Waals surface area contributed by atoms with Gasteiger partial charge in [0, 0.05) is 11.3 Å². The van der Waals surface area contributed by atoms with Gasteiger partial charge in [0.2, 0.25) is 6.29 Å². The van der Waals surface area contributed by atoms with E-state index in [9.17, 15) is 60.7 Å². The van der Waals surface area contributed by atoms with Gasteiger partial charge < -0.3 is 70.0 Å². The number of hydrogen-bond donors (Lipinski definition) is 10. The molecule has 0 aromatic heterocycles. The summed E-state index contributed by atoms with van der Waals surface area (Å²) in [6.07, 6.45) is -11.0. The molecule has 4 saturated carbocycles. The lowest BCUT2D eigenvalue weighted by molar-refractivity contribution is -0.327. The van der Waals surface area contributed by atoms with Gasteiger partial charge in [0.15, 0.2) is 12.4 Å². The van der Waals surface area contributed by atoms with Crippen molar-refractivity contribution in [1.82, 2.24) is 0 Å². The van der Waals surface area contributed by atoms with Crippen LogP contribution < -0.4 is 0 Å². The molecule has 6 fully saturated rings. The number of ether oxygens (including phenoxy) is 4. The van der Waals surface area contributed by atoms with Crippen LogP contribution in [0.15, 0.2) is 11.6 Å². The Kier molecular flexibility index (Phi) is 11.4. The molecule has 58 heavy (non-hydrogen) atoms. The molecule has 0 aromatic rings. The lowest BCUT2D eigenvalue weighted by Gasteiger charge is -2.71. The lowest BCUT2D eigenvalue weighted by Crippen LogP contribution is -2.68. The number of aliphatic hydroxyl groups is 9. The predicted molar refractivity (Wildman–Crippen MR) is 201 cm³/mol. The molecule has 16 heteroatoms. The van der Waals surface area contributed by atoms with Crippen LogP contribution in [0.25, 0.3) is 0 Å². The summed E-state index contributed by atoms with van der Waals surface area (Å²) in [6, 6.07) is 0. The van der Waals surface area contributed by atoms with Gasteiger partial charge in [0.25, 0.3) is 0 Å². The van der Waals surface area contributed by atoms with E-state index in [1.54, 1.807) is 0 Å². The fourth-order valence-electron chi connectivity index (χ4n) is 13.5. The van der Waals surface area contributed by atoms with E-state index >= 15 is 0 Å². The minimum atomic E-state index is -1.85. The number of carbonyl (C=O) groups excluding carboxylic acids is 1. The molecule has 16 nitrogen and oxygen atoms in total. The quantitative estimate of drug-likeness (QED) is 0.0943. The summed E-state index contributed by atoms with van der Waals surface area (Å²) in [6.45, 7) is 11.8. The molecule has 0 radical (unpaired) electrons. The highest BCUT2D eigenvalue weighted by Gasteiger charge is 2.71. The Balaban J connectivity index is 1.19. The van der Waals surface area contributed by atoms with Gasteiger partial charge in [0.1, 0.15) is 42.7 Å². The average molecular weight is 827 g/mol. The fourth-order valence-corrected chi connectivity index (χ4v) is 13.5. The number of aliphatic carboxylic acids is 1. The van der Waals surface area contributed by atoms with Crippen molar-refractivity contribution in [2.45, 2.75) is 173 Å². The number of rotatable bonds is 7. The SMILES string of the molecule is CC1(C)CC[C@@]2(C(=O)O[C@H]3O[C@@H](CO)[C@@H](O)[C@@H](O)[C@@H]3O)CC[C@@]3(C)C(=CC[C@H]4[C@@]5(C)CC[C@H](O[C@H]6O[C@@H](C(=O)O)[C@H](O)[C@H](O)[C@@H]6O)[C@@](C)(CO)[C@@H]5CC[C@]43C)[C@H]2[C@H]1O. The predicted octanol–water partition coefficient (Wildman–Crippen LogP) is 0.352. The Labute approximate surface area is 339 Å². The van der Waals surface area contributed by atoms with Gasteiger partial charge >= 0.3 is 11.9 Å². The van der Waals surface area contributed by atoms with Crippen LogP contribution >= 0.6 is 0 Å². The Hall–Kier alpha value is -1.80. The molecule has 0 amide bonds. The third-order valence-corrected chi connectivity index (χ3v) is 17.5. The number of esters is 1. The minimum absolute atomic E-state index is 0.0812. The molecule has 0 unspecified atom stereocenters. The van der Waals surface area contributed by atoms with Gasteiger partial charge in [-0.1, -0.05) is 53.2 Å². The van der Waals surface area contributed by atoms with Gasteiger partial charge in [-0.25, -0.2) is 4.79 Å². The second-order valence-electron chi connectivity index (χ2n) is 20.5. The van der Waals surface area contributed by atoms with Gasteiger partial charge in [0.05, 0.1) is 30.8 Å². The Morgan fingerprint density at radius 2 is 1.38 bits per heavy atom. The van der Waals surface area contributed by atoms with E-state index in [1.807, 2.05) is 20.8 Å². The molecule has 0 bridgehead atoms. The average Bonchev–Trinajstić information content (AvgIpc) is 3.17. The van der Waals surface area contributed by atoms with E-state index < -0.39 is 120 Å². The Morgan fingerprint density at radius 1 is 0.741 bits per heavy atom. The molecule has 0 aromatic carbocycles. The van der Waals surface area contributed by atoms with Crippen LogP contribution in [0.3, 0.4) is 0 Å². The molecule has 2 aliphatic heterocycles. The fraction of sp³-hybridized carbons (Fsp3) is 0.905. The summed E-state index contributed by atoms with van der Waals surface area (Å²) >= 11 is 0. The highest BCUT2D eigenvalue weighted by atomic mass is 16.7. The van der Waals surface area contributed by atoms with Crippen LogP contribution in [-0.2, 0) is 28.5 Å². The first-order valence-corrected chi connectivity index (χ1v) is 21.1. The van der Waals surface area contributed by atoms with Crippen LogP contribution in [0.5, 0.6) is 0 Å². The van der Waals surface area contributed by atoms with E-state index in [0.29, 0.717) is 51.4 Å². The number of carboxylic acids is 1. The number of aliphatic hydroxyl groups excluding tert-OH is 9. The summed E-state index contributed by atoms with van der Waals surface area (Å²) in [5.74, 6) is -2.78. The van der Waals surface area contributed by atoms with Gasteiger partial charge in [-0.2, -0.15) is 0 Å². The van der Waals surface area contributed by atoms with E-state index in [-0.39, 0.29) is 29.3 Å². The molecular formula is C42H66O16. The normalized spacial score (nSPS) is 53.8. The van der Waals surface area contributed by atoms with Crippen molar-refractivity contribution >= 4 is 11.9 Å². The summed E-state index contributed by atoms with van der Waals surface area (Å²) in [7, 11) is 0. The largest absolute Gasteiger partial charge is 0.479 e. The second kappa shape index (κ2) is 14.9. The molecular weight excluding hydrogens is 760 g/mol. The monoisotopic (exact) mass is 826 g/mol. The maximum atomic E-state index is 14.6. The third kappa shape index (κ3) is 6.21. The zero-order chi connectivity index (χ0) is 42.7. The first-order valence-electron chi connectivity index (χ1n) is 21.1. The highest BCUT2D eigenvalue weighted by Crippen LogP contribution is 2.76. The van der Waals surface area contributed by atoms with E-state index in [4.69, 9.17) is 18.9 Å². The summed E-state index contributed by atoms with van der Waals surface area (Å²) in [5.41, 5.74) is -2.70. The van der Waals surface area contributed by atoms with Crippen LogP contribution in [0.2, 0.25) is 0 Å². The van der Waals surface area contributed by atoms with E-state index in [2.05, 4.69) is 26.8 Å². The van der Waals surface area contributed by atoms with Crippen molar-refractivity contribution in [2.75, 3.05) is 13.2 Å². The van der Waals surface area contributed by atoms with E-state index in [0.717, 1.165) is 12.0 Å². The van der Waals surface area contributed by atoms with Crippen molar-refractivity contribution in [3.63, 3.8) is 0 Å². The van der Waals surface area contributed by atoms with Crippen molar-refractivity contribution in [3.05, 3.63) is 11.6 Å². The number of carbonyl (C=O) groups is 2. The van der Waals surface area contributed by atoms with Crippen molar-refractivity contribution in [3.8, 4) is 0 Å². The smallest absolute Gasteiger partial charge is 0.335 e. The molecule has 7 aliphatic rings. The van der Waals surface area contributed by atoms with E-state index in [1.165, 1.54) is 0 Å². The first kappa shape index (κ1) is 44.3. The van der Waals surface area contributed by atoms with Gasteiger partial charge in [-0.15, -0.1) is 0 Å². The van der Waals surface area contributed by atoms with Crippen LogP contribution in [-0.4, -0.2) is 150 Å².